The summed E-state index contributed by atoms with van der Waals surface area (Å²) in [7, 11) is 0. The topological polar surface area (TPSA) is 26.3 Å². The summed E-state index contributed by atoms with van der Waals surface area (Å²) in [4.78, 5) is 9.60. The van der Waals surface area contributed by atoms with E-state index in [0.29, 0.717) is 6.47 Å². The highest BCUT2D eigenvalue weighted by molar-refractivity contribution is 5.85. The highest BCUT2D eigenvalue weighted by Crippen LogP contribution is 2.02. The van der Waals surface area contributed by atoms with Gasteiger partial charge in [0.15, 0.2) is 0 Å². The van der Waals surface area contributed by atoms with Crippen LogP contribution in [0.4, 0.5) is 0 Å². The van der Waals surface area contributed by atoms with Crippen molar-refractivity contribution in [1.29, 1.82) is 0 Å². The van der Waals surface area contributed by atoms with E-state index in [2.05, 4.69) is 4.74 Å². The van der Waals surface area contributed by atoms with Crippen LogP contribution in [0.1, 0.15) is 20.8 Å². The van der Waals surface area contributed by atoms with Gasteiger partial charge in [0.1, 0.15) is 5.60 Å². The van der Waals surface area contributed by atoms with E-state index in [1.54, 1.807) is 0 Å². The molecule has 0 saturated heterocycles. The van der Waals surface area contributed by atoms with Gasteiger partial charge in [0, 0.05) is 0 Å². The van der Waals surface area contributed by atoms with Crippen molar-refractivity contribution in [3.63, 3.8) is 0 Å². The minimum Gasteiger partial charge on any atom is -0.462 e. The van der Waals surface area contributed by atoms with Gasteiger partial charge < -0.3 is 4.74 Å². The van der Waals surface area contributed by atoms with Gasteiger partial charge in [0.05, 0.1) is 0 Å². The molecule has 2 nitrogen and oxygen atoms in total. The largest absolute Gasteiger partial charge is 0.462 e. The van der Waals surface area contributed by atoms with Crippen LogP contribution in [0.25, 0.3) is 0 Å². The molecule has 0 fully saturated rings. The smallest absolute Gasteiger partial charge is 0.293 e. The van der Waals surface area contributed by atoms with Gasteiger partial charge >= 0.3 is 0 Å². The Kier molecular flexibility index (Phi) is 9.46. The van der Waals surface area contributed by atoms with Crippen LogP contribution < -0.4 is 0 Å². The number of rotatable bonds is 1. The van der Waals surface area contributed by atoms with E-state index >= 15 is 0 Å². The summed E-state index contributed by atoms with van der Waals surface area (Å²) < 4.78 is 4.55. The predicted molar refractivity (Wildman–Crippen MR) is 60.6 cm³/mol. The second-order valence-corrected chi connectivity index (χ2v) is 3.48. The summed E-state index contributed by atoms with van der Waals surface area (Å²) in [6.07, 6.45) is 0. The first-order chi connectivity index (χ1) is 6.06. The van der Waals surface area contributed by atoms with Crippen LogP contribution in [0, 0.1) is 0 Å². The Morgan fingerprint density at radius 3 is 1.29 bits per heavy atom. The molecule has 1 rings (SSSR count). The molecule has 14 heavy (non-hydrogen) atoms. The summed E-state index contributed by atoms with van der Waals surface area (Å²) in [5, 5.41) is 0. The van der Waals surface area contributed by atoms with Crippen molar-refractivity contribution in [2.45, 2.75) is 26.4 Å². The van der Waals surface area contributed by atoms with Gasteiger partial charge in [-0.2, -0.15) is 0 Å². The average molecular weight is 217 g/mol. The van der Waals surface area contributed by atoms with Gasteiger partial charge in [0.2, 0.25) is 0 Å². The van der Waals surface area contributed by atoms with Crippen molar-refractivity contribution in [1.82, 2.24) is 0 Å². The molecule has 1 aromatic rings. The van der Waals surface area contributed by atoms with Gasteiger partial charge in [-0.05, 0) is 20.8 Å². The lowest BCUT2D eigenvalue weighted by atomic mass is 10.2. The molecule has 0 aliphatic carbocycles. The molecule has 0 N–H and O–H groups in total. The molecular weight excluding hydrogens is 200 g/mol. The van der Waals surface area contributed by atoms with Crippen LogP contribution in [0.2, 0.25) is 0 Å². The summed E-state index contributed by atoms with van der Waals surface area (Å²) in [6.45, 7) is 5.92. The van der Waals surface area contributed by atoms with Crippen LogP contribution in [0.15, 0.2) is 36.4 Å². The quantitative estimate of drug-likeness (QED) is 0.675. The third kappa shape index (κ3) is 13.6. The van der Waals surface area contributed by atoms with E-state index in [1.165, 1.54) is 0 Å². The first kappa shape index (κ1) is 15.5. The van der Waals surface area contributed by atoms with Crippen molar-refractivity contribution in [2.24, 2.45) is 0 Å². The zero-order chi connectivity index (χ0) is 10.2. The molecule has 80 valence electrons. The normalized spacial score (nSPS) is 8.79. The van der Waals surface area contributed by atoms with E-state index in [9.17, 15) is 4.79 Å². The highest BCUT2D eigenvalue weighted by Gasteiger charge is 2.07. The maximum absolute atomic E-state index is 9.60. The van der Waals surface area contributed by atoms with Crippen LogP contribution in [-0.4, -0.2) is 12.1 Å². The number of carbonyl (C=O) groups is 1. The van der Waals surface area contributed by atoms with Crippen LogP contribution >= 0.6 is 12.4 Å². The van der Waals surface area contributed by atoms with Crippen LogP contribution in [0.5, 0.6) is 0 Å². The molecule has 3 heteroatoms. The number of hydrogen-bond acceptors (Lipinski definition) is 2. The van der Waals surface area contributed by atoms with Gasteiger partial charge in [-0.15, -0.1) is 12.4 Å². The number of carbonyl (C=O) groups excluding carboxylic acids is 1. The first-order valence-corrected chi connectivity index (χ1v) is 4.18. The molecule has 0 radical (unpaired) electrons. The molecular formula is C11H17ClO2. The van der Waals surface area contributed by atoms with Gasteiger partial charge in [-0.25, -0.2) is 0 Å². The monoisotopic (exact) mass is 216 g/mol. The highest BCUT2D eigenvalue weighted by atomic mass is 35.5. The zero-order valence-electron chi connectivity index (χ0n) is 8.77. The molecule has 0 aliphatic heterocycles. The van der Waals surface area contributed by atoms with Gasteiger partial charge in [0.25, 0.3) is 6.47 Å². The zero-order valence-corrected chi connectivity index (χ0v) is 9.58. The van der Waals surface area contributed by atoms with Crippen molar-refractivity contribution in [2.75, 3.05) is 0 Å². The third-order valence-corrected chi connectivity index (χ3v) is 1.07. The maximum Gasteiger partial charge on any atom is 0.293 e. The number of ether oxygens (including phenoxy) is 1. The van der Waals surface area contributed by atoms with E-state index < -0.39 is 0 Å². The fraction of sp³-hybridized carbons (Fsp3) is 0.364. The second-order valence-electron chi connectivity index (χ2n) is 3.48. The maximum atomic E-state index is 9.60. The minimum absolute atomic E-state index is 0. The van der Waals surface area contributed by atoms with Crippen LogP contribution in [0.3, 0.4) is 0 Å². The van der Waals surface area contributed by atoms with Crippen molar-refractivity contribution >= 4 is 18.9 Å². The number of hydrogen-bond donors (Lipinski definition) is 0. The van der Waals surface area contributed by atoms with E-state index in [-0.39, 0.29) is 18.0 Å². The molecule has 0 unspecified atom stereocenters. The Hall–Kier alpha value is -1.02. The molecule has 0 spiro atoms. The lowest BCUT2D eigenvalue weighted by Crippen LogP contribution is -2.17. The fourth-order valence-electron chi connectivity index (χ4n) is 0.529. The van der Waals surface area contributed by atoms with Crippen LogP contribution in [-0.2, 0) is 9.53 Å². The summed E-state index contributed by atoms with van der Waals surface area (Å²) >= 11 is 0. The molecule has 0 aliphatic rings. The Labute approximate surface area is 91.7 Å². The fourth-order valence-corrected chi connectivity index (χ4v) is 0.529. The van der Waals surface area contributed by atoms with Gasteiger partial charge in [-0.3, -0.25) is 4.79 Å². The average Bonchev–Trinajstić information content (AvgIpc) is 2.06. The van der Waals surface area contributed by atoms with Gasteiger partial charge in [-0.1, -0.05) is 36.4 Å². The van der Waals surface area contributed by atoms with Crippen molar-refractivity contribution in [3.8, 4) is 0 Å². The molecule has 0 bridgehead atoms. The minimum atomic E-state index is -0.318. The molecule has 0 heterocycles. The number of halogens is 1. The Morgan fingerprint density at radius 2 is 1.21 bits per heavy atom. The van der Waals surface area contributed by atoms with E-state index in [4.69, 9.17) is 0 Å². The van der Waals surface area contributed by atoms with Crippen molar-refractivity contribution < 1.29 is 9.53 Å². The third-order valence-electron chi connectivity index (χ3n) is 1.07. The van der Waals surface area contributed by atoms with Crippen molar-refractivity contribution in [3.05, 3.63) is 36.4 Å². The molecule has 0 saturated carbocycles. The van der Waals surface area contributed by atoms with E-state index in [0.717, 1.165) is 0 Å². The molecule has 1 aromatic carbocycles. The summed E-state index contributed by atoms with van der Waals surface area (Å²) in [6, 6.07) is 12.0. The Morgan fingerprint density at radius 1 is 0.929 bits per heavy atom. The lowest BCUT2D eigenvalue weighted by molar-refractivity contribution is -0.138. The predicted octanol–water partition coefficient (Wildman–Crippen LogP) is 3.07. The standard InChI is InChI=1S/C6H6.C5H10O2.ClH/c1-2-4-6-5-3-1;1-5(2,3)7-4-6;/h1-6H;4H,1-3H3;1H. The molecule has 0 atom stereocenters. The molecule has 0 aromatic heterocycles. The second kappa shape index (κ2) is 8.57. The number of benzene rings is 1. The Balaban J connectivity index is 0. The summed E-state index contributed by atoms with van der Waals surface area (Å²) in [5.41, 5.74) is -0.318. The molecule has 0 amide bonds. The first-order valence-electron chi connectivity index (χ1n) is 4.18. The SMILES string of the molecule is CC(C)(C)OC=O.Cl.c1ccccc1. The van der Waals surface area contributed by atoms with E-state index in [1.807, 2.05) is 57.2 Å². The lowest BCUT2D eigenvalue weighted by Gasteiger charge is -2.14. The Bertz CT molecular complexity index is 190. The summed E-state index contributed by atoms with van der Waals surface area (Å²) in [5.74, 6) is 0.